The minimum absolute atomic E-state index is 0.650. The van der Waals surface area contributed by atoms with Gasteiger partial charge in [-0.15, -0.1) is 0 Å². The van der Waals surface area contributed by atoms with Gasteiger partial charge in [-0.2, -0.15) is 0 Å². The van der Waals surface area contributed by atoms with Crippen molar-refractivity contribution in [3.63, 3.8) is 0 Å². The minimum atomic E-state index is 0.650. The van der Waals surface area contributed by atoms with Gasteiger partial charge in [0.2, 0.25) is 0 Å². The molecular formula is C12H8ClN3. The molecule has 2 heterocycles. The molecule has 0 saturated heterocycles. The van der Waals surface area contributed by atoms with E-state index in [2.05, 4.69) is 9.97 Å². The number of nitrogens with zero attached hydrogens (tertiary/aromatic N) is 2. The van der Waals surface area contributed by atoms with Crippen LogP contribution in [-0.4, -0.2) is 9.97 Å². The lowest BCUT2D eigenvalue weighted by atomic mass is 10.1. The molecule has 3 nitrogen and oxygen atoms in total. The quantitative estimate of drug-likeness (QED) is 0.603. The Labute approximate surface area is 96.9 Å². The van der Waals surface area contributed by atoms with E-state index in [1.165, 1.54) is 0 Å². The number of nitrogen functional groups attached to an aromatic ring is 1. The average molecular weight is 230 g/mol. The molecule has 0 fully saturated rings. The number of nitrogens with two attached hydrogens (primary N) is 1. The van der Waals surface area contributed by atoms with Crippen LogP contribution in [0.4, 0.5) is 5.69 Å². The Kier molecular flexibility index (Phi) is 1.94. The zero-order valence-electron chi connectivity index (χ0n) is 8.31. The van der Waals surface area contributed by atoms with Gasteiger partial charge >= 0.3 is 0 Å². The maximum Gasteiger partial charge on any atom is 0.112 e. The molecule has 0 atom stereocenters. The summed E-state index contributed by atoms with van der Waals surface area (Å²) >= 11 is 5.93. The summed E-state index contributed by atoms with van der Waals surface area (Å²) < 4.78 is 0. The summed E-state index contributed by atoms with van der Waals surface area (Å²) in [6.45, 7) is 0. The molecule has 0 aliphatic rings. The lowest BCUT2D eigenvalue weighted by Crippen LogP contribution is -1.94. The van der Waals surface area contributed by atoms with Crippen molar-refractivity contribution in [3.05, 3.63) is 41.6 Å². The van der Waals surface area contributed by atoms with Crippen LogP contribution in [0, 0.1) is 0 Å². The van der Waals surface area contributed by atoms with Crippen molar-refractivity contribution in [2.24, 2.45) is 0 Å². The van der Waals surface area contributed by atoms with Crippen molar-refractivity contribution in [1.29, 1.82) is 0 Å². The van der Waals surface area contributed by atoms with Crippen LogP contribution < -0.4 is 5.73 Å². The largest absolute Gasteiger partial charge is 0.396 e. The van der Waals surface area contributed by atoms with E-state index in [9.17, 15) is 0 Å². The summed E-state index contributed by atoms with van der Waals surface area (Å²) in [6.07, 6.45) is 1.71. The SMILES string of the molecule is Nc1c2ccc(Cl)cc2nc2cccnc12. The van der Waals surface area contributed by atoms with Gasteiger partial charge < -0.3 is 5.73 Å². The molecule has 0 amide bonds. The predicted octanol–water partition coefficient (Wildman–Crippen LogP) is 3.02. The molecule has 4 heteroatoms. The van der Waals surface area contributed by atoms with Crippen molar-refractivity contribution in [1.82, 2.24) is 9.97 Å². The molecule has 0 saturated carbocycles. The van der Waals surface area contributed by atoms with Crippen molar-refractivity contribution in [2.75, 3.05) is 5.73 Å². The van der Waals surface area contributed by atoms with Gasteiger partial charge in [0.05, 0.1) is 16.7 Å². The van der Waals surface area contributed by atoms with Crippen molar-refractivity contribution in [3.8, 4) is 0 Å². The summed E-state index contributed by atoms with van der Waals surface area (Å²) in [6, 6.07) is 9.20. The summed E-state index contributed by atoms with van der Waals surface area (Å²) in [5, 5.41) is 1.54. The predicted molar refractivity (Wildman–Crippen MR) is 66.5 cm³/mol. The molecule has 0 bridgehead atoms. The first kappa shape index (κ1) is 9.36. The molecular weight excluding hydrogens is 222 g/mol. The van der Waals surface area contributed by atoms with E-state index in [0.29, 0.717) is 10.7 Å². The Hall–Kier alpha value is -1.87. The fourth-order valence-electron chi connectivity index (χ4n) is 1.78. The highest BCUT2D eigenvalue weighted by molar-refractivity contribution is 6.31. The molecule has 0 aliphatic carbocycles. The van der Waals surface area contributed by atoms with Gasteiger partial charge in [-0.25, -0.2) is 4.98 Å². The smallest absolute Gasteiger partial charge is 0.112 e. The number of rotatable bonds is 0. The van der Waals surface area contributed by atoms with E-state index in [-0.39, 0.29) is 0 Å². The van der Waals surface area contributed by atoms with Crippen molar-refractivity contribution < 1.29 is 0 Å². The minimum Gasteiger partial charge on any atom is -0.396 e. The van der Waals surface area contributed by atoms with E-state index in [4.69, 9.17) is 17.3 Å². The lowest BCUT2D eigenvalue weighted by Gasteiger charge is -2.05. The van der Waals surface area contributed by atoms with Crippen LogP contribution in [0.3, 0.4) is 0 Å². The van der Waals surface area contributed by atoms with Gasteiger partial charge in [-0.1, -0.05) is 11.6 Å². The zero-order valence-corrected chi connectivity index (χ0v) is 9.07. The normalized spacial score (nSPS) is 11.1. The summed E-state index contributed by atoms with van der Waals surface area (Å²) in [5.74, 6) is 0. The second-order valence-corrected chi connectivity index (χ2v) is 3.99. The number of anilines is 1. The maximum absolute atomic E-state index is 6.06. The molecule has 0 aliphatic heterocycles. The maximum atomic E-state index is 6.06. The van der Waals surface area contributed by atoms with Crippen LogP contribution >= 0.6 is 11.6 Å². The van der Waals surface area contributed by atoms with Crippen LogP contribution in [0.25, 0.3) is 21.9 Å². The van der Waals surface area contributed by atoms with Crippen LogP contribution in [-0.2, 0) is 0 Å². The third kappa shape index (κ3) is 1.29. The molecule has 3 aromatic rings. The summed E-state index contributed by atoms with van der Waals surface area (Å²) in [5.41, 5.74) is 9.03. The van der Waals surface area contributed by atoms with E-state index < -0.39 is 0 Å². The monoisotopic (exact) mass is 229 g/mol. The molecule has 0 spiro atoms. The summed E-state index contributed by atoms with van der Waals surface area (Å²) in [4.78, 5) is 8.71. The second-order valence-electron chi connectivity index (χ2n) is 3.56. The number of halogens is 1. The molecule has 16 heavy (non-hydrogen) atoms. The number of benzene rings is 1. The van der Waals surface area contributed by atoms with Gasteiger partial charge in [0.15, 0.2) is 0 Å². The Bertz CT molecular complexity index is 694. The second kappa shape index (κ2) is 3.32. The highest BCUT2D eigenvalue weighted by Gasteiger charge is 2.06. The number of pyridine rings is 2. The fraction of sp³-hybridized carbons (Fsp3) is 0. The Morgan fingerprint density at radius 1 is 1.12 bits per heavy atom. The molecule has 78 valence electrons. The lowest BCUT2D eigenvalue weighted by molar-refractivity contribution is 1.38. The molecule has 0 unspecified atom stereocenters. The van der Waals surface area contributed by atoms with Crippen LogP contribution in [0.2, 0.25) is 5.02 Å². The Morgan fingerprint density at radius 2 is 2.00 bits per heavy atom. The standard InChI is InChI=1S/C12H8ClN3/c13-7-3-4-8-10(6-7)16-9-2-1-5-15-12(9)11(8)14/h1-6H,(H2,14,16). The first-order chi connectivity index (χ1) is 7.75. The Balaban J connectivity index is 2.55. The van der Waals surface area contributed by atoms with Crippen molar-refractivity contribution in [2.45, 2.75) is 0 Å². The van der Waals surface area contributed by atoms with E-state index in [1.807, 2.05) is 18.2 Å². The van der Waals surface area contributed by atoms with E-state index >= 15 is 0 Å². The third-order valence-electron chi connectivity index (χ3n) is 2.53. The highest BCUT2D eigenvalue weighted by Crippen LogP contribution is 2.28. The molecule has 3 rings (SSSR count). The average Bonchev–Trinajstić information content (AvgIpc) is 2.29. The Morgan fingerprint density at radius 3 is 2.88 bits per heavy atom. The fourth-order valence-corrected chi connectivity index (χ4v) is 1.94. The third-order valence-corrected chi connectivity index (χ3v) is 2.77. The molecule has 0 radical (unpaired) electrons. The topological polar surface area (TPSA) is 51.8 Å². The summed E-state index contributed by atoms with van der Waals surface area (Å²) in [7, 11) is 0. The highest BCUT2D eigenvalue weighted by atomic mass is 35.5. The van der Waals surface area contributed by atoms with Gasteiger partial charge in [-0.3, -0.25) is 4.98 Å². The van der Waals surface area contributed by atoms with Gasteiger partial charge in [0.25, 0.3) is 0 Å². The first-order valence-corrected chi connectivity index (χ1v) is 5.23. The van der Waals surface area contributed by atoms with Crippen LogP contribution in [0.5, 0.6) is 0 Å². The molecule has 2 N–H and O–H groups in total. The van der Waals surface area contributed by atoms with E-state index in [1.54, 1.807) is 18.3 Å². The number of fused-ring (bicyclic) bond motifs is 2. The van der Waals surface area contributed by atoms with Crippen LogP contribution in [0.15, 0.2) is 36.5 Å². The van der Waals surface area contributed by atoms with Gasteiger partial charge in [0.1, 0.15) is 5.52 Å². The van der Waals surface area contributed by atoms with E-state index in [0.717, 1.165) is 21.9 Å². The molecule has 2 aromatic heterocycles. The number of hydrogen-bond donors (Lipinski definition) is 1. The number of hydrogen-bond acceptors (Lipinski definition) is 3. The molecule has 1 aromatic carbocycles. The first-order valence-electron chi connectivity index (χ1n) is 4.85. The van der Waals surface area contributed by atoms with Gasteiger partial charge in [-0.05, 0) is 30.3 Å². The van der Waals surface area contributed by atoms with Gasteiger partial charge in [0, 0.05) is 16.6 Å². The van der Waals surface area contributed by atoms with Crippen molar-refractivity contribution >= 4 is 39.2 Å². The number of aromatic nitrogens is 2. The zero-order chi connectivity index (χ0) is 11.1. The van der Waals surface area contributed by atoms with Crippen LogP contribution in [0.1, 0.15) is 0 Å².